The van der Waals surface area contributed by atoms with Gasteiger partial charge in [0.05, 0.1) is 16.9 Å². The molecule has 3 heteroatoms. The van der Waals surface area contributed by atoms with Gasteiger partial charge in [0.25, 0.3) is 0 Å². The number of hydrogen-bond acceptors (Lipinski definition) is 2. The van der Waals surface area contributed by atoms with Crippen molar-refractivity contribution in [3.63, 3.8) is 0 Å². The van der Waals surface area contributed by atoms with Crippen molar-refractivity contribution >= 4 is 61.4 Å². The molecule has 0 radical (unpaired) electrons. The molecule has 1 N–H and O–H groups in total. The summed E-state index contributed by atoms with van der Waals surface area (Å²) in [5.74, 6) is 0. The lowest BCUT2D eigenvalue weighted by atomic mass is 9.99. The van der Waals surface area contributed by atoms with Gasteiger partial charge in [-0.3, -0.25) is 0 Å². The lowest BCUT2D eigenvalue weighted by Gasteiger charge is -2.33. The van der Waals surface area contributed by atoms with E-state index in [2.05, 4.69) is 137 Å². The fourth-order valence-corrected chi connectivity index (χ4v) is 6.75. The third kappa shape index (κ3) is 3.14. The van der Waals surface area contributed by atoms with Gasteiger partial charge in [0.1, 0.15) is 0 Å². The Morgan fingerprint density at radius 2 is 1.35 bits per heavy atom. The van der Waals surface area contributed by atoms with Crippen LogP contribution < -0.4 is 4.90 Å². The van der Waals surface area contributed by atoms with Crippen LogP contribution in [0.3, 0.4) is 0 Å². The summed E-state index contributed by atoms with van der Waals surface area (Å²) in [5, 5.41) is 5.12. The first-order chi connectivity index (χ1) is 18.3. The van der Waals surface area contributed by atoms with E-state index in [1.807, 2.05) is 11.8 Å². The van der Waals surface area contributed by atoms with Crippen LogP contribution in [0, 0.1) is 0 Å². The maximum atomic E-state index is 3.76. The summed E-state index contributed by atoms with van der Waals surface area (Å²) < 4.78 is 0. The predicted octanol–water partition coefficient (Wildman–Crippen LogP) is 10.1. The molecule has 0 unspecified atom stereocenters. The smallest absolute Gasteiger partial charge is 0.0607 e. The molecule has 0 bridgehead atoms. The molecule has 0 amide bonds. The molecule has 1 aromatic heterocycles. The molecule has 0 spiro atoms. The third-order valence-corrected chi connectivity index (χ3v) is 8.50. The minimum absolute atomic E-state index is 1.17. The van der Waals surface area contributed by atoms with Crippen LogP contribution in [-0.4, -0.2) is 4.98 Å². The SMILES string of the molecule is c1ccc(N2c3ccccc3Sc3ccc(-c4cccc5c4[nH]c4ccc6ccccc6c45)cc32)cc1. The van der Waals surface area contributed by atoms with Crippen LogP contribution in [0.2, 0.25) is 0 Å². The summed E-state index contributed by atoms with van der Waals surface area (Å²) in [5.41, 5.74) is 8.39. The lowest BCUT2D eigenvalue weighted by molar-refractivity contribution is 1.17. The number of rotatable bonds is 2. The van der Waals surface area contributed by atoms with Crippen LogP contribution in [0.15, 0.2) is 137 Å². The minimum atomic E-state index is 1.17. The van der Waals surface area contributed by atoms with Gasteiger partial charge in [0.2, 0.25) is 0 Å². The molecule has 37 heavy (non-hydrogen) atoms. The third-order valence-electron chi connectivity index (χ3n) is 7.37. The largest absolute Gasteiger partial charge is 0.354 e. The van der Waals surface area contributed by atoms with Gasteiger partial charge in [-0.15, -0.1) is 0 Å². The normalized spacial score (nSPS) is 12.7. The van der Waals surface area contributed by atoms with Crippen molar-refractivity contribution in [3.05, 3.63) is 127 Å². The number of fused-ring (bicyclic) bond motifs is 7. The summed E-state index contributed by atoms with van der Waals surface area (Å²) in [6, 6.07) is 46.0. The van der Waals surface area contributed by atoms with E-state index in [1.54, 1.807) is 0 Å². The van der Waals surface area contributed by atoms with Gasteiger partial charge in [-0.2, -0.15) is 0 Å². The summed E-state index contributed by atoms with van der Waals surface area (Å²) in [6.45, 7) is 0. The summed E-state index contributed by atoms with van der Waals surface area (Å²) in [7, 11) is 0. The van der Waals surface area contributed by atoms with E-state index in [0.29, 0.717) is 0 Å². The molecule has 1 aliphatic heterocycles. The van der Waals surface area contributed by atoms with Crippen LogP contribution in [0.25, 0.3) is 43.7 Å². The fraction of sp³-hybridized carbons (Fsp3) is 0. The molecule has 0 atom stereocenters. The predicted molar refractivity (Wildman–Crippen MR) is 158 cm³/mol. The summed E-state index contributed by atoms with van der Waals surface area (Å²) >= 11 is 1.84. The van der Waals surface area contributed by atoms with E-state index in [0.717, 1.165) is 0 Å². The van der Waals surface area contributed by atoms with E-state index < -0.39 is 0 Å². The molecule has 0 saturated heterocycles. The standard InChI is InChI=1S/C34H22N2S/c1-2-10-24(11-3-1)36-29-15-6-7-16-31(29)37-32-20-18-23(21-30(32)36)26-13-8-14-27-33-25-12-5-4-9-22(25)17-19-28(33)35-34(26)27/h1-21,35H. The molecular weight excluding hydrogens is 468 g/mol. The Morgan fingerprint density at radius 1 is 0.568 bits per heavy atom. The Morgan fingerprint density at radius 3 is 2.30 bits per heavy atom. The van der Waals surface area contributed by atoms with Gasteiger partial charge in [0.15, 0.2) is 0 Å². The number of nitrogens with zero attached hydrogens (tertiary/aromatic N) is 1. The average molecular weight is 491 g/mol. The van der Waals surface area contributed by atoms with Crippen molar-refractivity contribution < 1.29 is 0 Å². The first-order valence-corrected chi connectivity index (χ1v) is 13.4. The van der Waals surface area contributed by atoms with Crippen molar-refractivity contribution in [2.24, 2.45) is 0 Å². The molecule has 0 saturated carbocycles. The van der Waals surface area contributed by atoms with Gasteiger partial charge in [-0.1, -0.05) is 96.7 Å². The van der Waals surface area contributed by atoms with Crippen molar-refractivity contribution in [1.29, 1.82) is 0 Å². The Kier molecular flexibility index (Phi) is 4.49. The number of para-hydroxylation sites is 3. The molecule has 2 heterocycles. The molecular formula is C34H22N2S. The highest BCUT2D eigenvalue weighted by molar-refractivity contribution is 7.99. The van der Waals surface area contributed by atoms with Crippen LogP contribution in [-0.2, 0) is 0 Å². The summed E-state index contributed by atoms with van der Waals surface area (Å²) in [6.07, 6.45) is 0. The monoisotopic (exact) mass is 490 g/mol. The van der Waals surface area contributed by atoms with Crippen molar-refractivity contribution in [1.82, 2.24) is 4.98 Å². The average Bonchev–Trinajstić information content (AvgIpc) is 3.35. The topological polar surface area (TPSA) is 19.0 Å². The molecule has 2 nitrogen and oxygen atoms in total. The van der Waals surface area contributed by atoms with Gasteiger partial charge >= 0.3 is 0 Å². The second-order valence-corrected chi connectivity index (χ2v) is 10.6. The van der Waals surface area contributed by atoms with Crippen molar-refractivity contribution in [2.45, 2.75) is 9.79 Å². The number of H-pyrrole nitrogens is 1. The highest BCUT2D eigenvalue weighted by atomic mass is 32.2. The lowest BCUT2D eigenvalue weighted by Crippen LogP contribution is -2.14. The number of hydrogen-bond donors (Lipinski definition) is 1. The Hall–Kier alpha value is -4.47. The Bertz CT molecular complexity index is 1970. The molecule has 174 valence electrons. The highest BCUT2D eigenvalue weighted by Gasteiger charge is 2.25. The van der Waals surface area contributed by atoms with Gasteiger partial charge in [0, 0.05) is 37.3 Å². The molecule has 7 aromatic rings. The zero-order chi connectivity index (χ0) is 24.3. The van der Waals surface area contributed by atoms with E-state index in [9.17, 15) is 0 Å². The van der Waals surface area contributed by atoms with Gasteiger partial charge in [-0.25, -0.2) is 0 Å². The minimum Gasteiger partial charge on any atom is -0.354 e. The number of aromatic nitrogens is 1. The van der Waals surface area contributed by atoms with Gasteiger partial charge in [-0.05, 0) is 58.8 Å². The second-order valence-electron chi connectivity index (χ2n) is 9.49. The van der Waals surface area contributed by atoms with E-state index >= 15 is 0 Å². The van der Waals surface area contributed by atoms with Crippen molar-refractivity contribution in [3.8, 4) is 11.1 Å². The second kappa shape index (κ2) is 8.02. The van der Waals surface area contributed by atoms with Crippen LogP contribution in [0.5, 0.6) is 0 Å². The Labute approximate surface area is 219 Å². The number of aromatic amines is 1. The number of anilines is 3. The van der Waals surface area contributed by atoms with E-state index in [4.69, 9.17) is 0 Å². The summed E-state index contributed by atoms with van der Waals surface area (Å²) in [4.78, 5) is 8.69. The molecule has 0 aliphatic carbocycles. The fourth-order valence-electron chi connectivity index (χ4n) is 5.71. The van der Waals surface area contributed by atoms with Crippen LogP contribution in [0.1, 0.15) is 0 Å². The van der Waals surface area contributed by atoms with Crippen LogP contribution >= 0.6 is 11.8 Å². The number of benzene rings is 6. The highest BCUT2D eigenvalue weighted by Crippen LogP contribution is 2.52. The van der Waals surface area contributed by atoms with Gasteiger partial charge < -0.3 is 9.88 Å². The first kappa shape index (κ1) is 20.7. The maximum Gasteiger partial charge on any atom is 0.0607 e. The molecule has 1 aliphatic rings. The van der Waals surface area contributed by atoms with Crippen LogP contribution in [0.4, 0.5) is 17.1 Å². The zero-order valence-electron chi connectivity index (χ0n) is 20.0. The zero-order valence-corrected chi connectivity index (χ0v) is 20.8. The Balaban J connectivity index is 1.36. The maximum absolute atomic E-state index is 3.76. The molecule has 8 rings (SSSR count). The van der Waals surface area contributed by atoms with Crippen molar-refractivity contribution in [2.75, 3.05) is 4.90 Å². The first-order valence-electron chi connectivity index (χ1n) is 12.5. The molecule has 0 fully saturated rings. The van der Waals surface area contributed by atoms with E-state index in [-0.39, 0.29) is 0 Å². The number of nitrogens with one attached hydrogen (secondary N) is 1. The van der Waals surface area contributed by atoms with E-state index in [1.165, 1.54) is 70.6 Å². The molecule has 6 aromatic carbocycles. The quantitative estimate of drug-likeness (QED) is 0.260.